The molecule has 178 valence electrons. The molecule has 0 aliphatic carbocycles. The number of benzene rings is 3. The first-order valence-corrected chi connectivity index (χ1v) is 9.93. The highest BCUT2D eigenvalue weighted by Gasteiger charge is 2.31. The van der Waals surface area contributed by atoms with Crippen molar-refractivity contribution in [1.29, 1.82) is 0 Å². The van der Waals surface area contributed by atoms with Crippen LogP contribution in [-0.2, 0) is 11.2 Å². The first-order valence-electron chi connectivity index (χ1n) is 9.93. The third kappa shape index (κ3) is 7.16. The van der Waals surface area contributed by atoms with Gasteiger partial charge in [0.1, 0.15) is 29.0 Å². The number of carbonyl (C=O) groups is 2. The van der Waals surface area contributed by atoms with Gasteiger partial charge in [0.2, 0.25) is 0 Å². The molecule has 7 nitrogen and oxygen atoms in total. The minimum atomic E-state index is -4.83. The van der Waals surface area contributed by atoms with Crippen LogP contribution in [-0.4, -0.2) is 36.5 Å². The van der Waals surface area contributed by atoms with Gasteiger partial charge < -0.3 is 24.6 Å². The fraction of sp³-hybridized carbons (Fsp3) is 0.167. The number of halogens is 3. The Balaban J connectivity index is 1.60. The molecule has 2 N–H and O–H groups in total. The molecule has 0 spiro atoms. The maximum atomic E-state index is 12.5. The first kappa shape index (κ1) is 24.4. The van der Waals surface area contributed by atoms with Gasteiger partial charge in [-0.2, -0.15) is 0 Å². The van der Waals surface area contributed by atoms with Crippen LogP contribution in [0.15, 0.2) is 72.8 Å². The van der Waals surface area contributed by atoms with Gasteiger partial charge in [-0.25, -0.2) is 4.79 Å². The summed E-state index contributed by atoms with van der Waals surface area (Å²) in [5, 5.41) is 11.9. The van der Waals surface area contributed by atoms with Crippen LogP contribution >= 0.6 is 0 Å². The molecule has 0 unspecified atom stereocenters. The summed E-state index contributed by atoms with van der Waals surface area (Å²) in [7, 11) is 1.55. The van der Waals surface area contributed by atoms with Crippen molar-refractivity contribution in [3.05, 3.63) is 83.9 Å². The second kappa shape index (κ2) is 10.6. The van der Waals surface area contributed by atoms with Crippen molar-refractivity contribution in [1.82, 2.24) is 5.32 Å². The van der Waals surface area contributed by atoms with E-state index in [4.69, 9.17) is 9.47 Å². The molecule has 1 atom stereocenters. The highest BCUT2D eigenvalue weighted by atomic mass is 19.4. The number of nitrogens with one attached hydrogen (secondary N) is 1. The summed E-state index contributed by atoms with van der Waals surface area (Å²) in [5.74, 6) is -0.626. The summed E-state index contributed by atoms with van der Waals surface area (Å²) in [6.07, 6.45) is -4.96. The van der Waals surface area contributed by atoms with E-state index in [0.717, 1.165) is 12.1 Å². The number of amides is 1. The van der Waals surface area contributed by atoms with Crippen molar-refractivity contribution < 1.29 is 42.1 Å². The Morgan fingerprint density at radius 3 is 1.85 bits per heavy atom. The Kier molecular flexibility index (Phi) is 7.62. The van der Waals surface area contributed by atoms with Crippen molar-refractivity contribution in [2.45, 2.75) is 18.8 Å². The molecule has 0 aliphatic rings. The lowest BCUT2D eigenvalue weighted by Gasteiger charge is -2.15. The number of carboxylic acids is 1. The van der Waals surface area contributed by atoms with Gasteiger partial charge in [-0.15, -0.1) is 13.2 Å². The smallest absolute Gasteiger partial charge is 0.497 e. The van der Waals surface area contributed by atoms with Crippen molar-refractivity contribution >= 4 is 11.9 Å². The normalized spacial score (nSPS) is 11.9. The summed E-state index contributed by atoms with van der Waals surface area (Å²) in [5.41, 5.74) is 0.618. The highest BCUT2D eigenvalue weighted by molar-refractivity contribution is 5.96. The Labute approximate surface area is 192 Å². The summed E-state index contributed by atoms with van der Waals surface area (Å²) in [6.45, 7) is 0. The molecule has 0 aromatic heterocycles. The number of carboxylic acid groups (broad SMARTS) is 1. The van der Waals surface area contributed by atoms with Gasteiger partial charge in [-0.3, -0.25) is 4.79 Å². The minimum absolute atomic E-state index is 0.133. The number of hydrogen-bond donors (Lipinski definition) is 2. The number of alkyl halides is 3. The van der Waals surface area contributed by atoms with E-state index < -0.39 is 30.0 Å². The van der Waals surface area contributed by atoms with E-state index in [0.29, 0.717) is 22.8 Å². The number of rotatable bonds is 9. The van der Waals surface area contributed by atoms with E-state index in [2.05, 4.69) is 10.1 Å². The molecule has 3 rings (SSSR count). The van der Waals surface area contributed by atoms with Gasteiger partial charge in [0.25, 0.3) is 5.91 Å². The highest BCUT2D eigenvalue weighted by Crippen LogP contribution is 2.25. The van der Waals surface area contributed by atoms with Gasteiger partial charge >= 0.3 is 12.3 Å². The molecule has 34 heavy (non-hydrogen) atoms. The molecule has 1 amide bonds. The molecular weight excluding hydrogens is 455 g/mol. The van der Waals surface area contributed by atoms with E-state index in [1.54, 1.807) is 43.5 Å². The van der Waals surface area contributed by atoms with Crippen LogP contribution in [0.2, 0.25) is 0 Å². The monoisotopic (exact) mass is 475 g/mol. The maximum absolute atomic E-state index is 12.5. The van der Waals surface area contributed by atoms with Gasteiger partial charge in [-0.05, 0) is 66.2 Å². The number of ether oxygens (including phenoxy) is 3. The number of aliphatic carboxylic acids is 1. The standard InChI is InChI=1S/C24H20F3NO6/c1-32-17-10-12-19(13-11-17)33-18-8-4-16(5-9-18)22(29)28-21(23(30)31)14-15-2-6-20(7-3-15)34-24(25,26)27/h2-13,21H,14H2,1H3,(H,28,29)(H,30,31)/t21-/m0/s1. The molecule has 0 saturated heterocycles. The fourth-order valence-electron chi connectivity index (χ4n) is 2.96. The van der Waals surface area contributed by atoms with Gasteiger partial charge in [0.05, 0.1) is 7.11 Å². The van der Waals surface area contributed by atoms with Crippen LogP contribution in [0.25, 0.3) is 0 Å². The fourth-order valence-corrected chi connectivity index (χ4v) is 2.96. The second-order valence-corrected chi connectivity index (χ2v) is 7.06. The van der Waals surface area contributed by atoms with Crippen LogP contribution in [0.1, 0.15) is 15.9 Å². The van der Waals surface area contributed by atoms with Gasteiger partial charge in [-0.1, -0.05) is 12.1 Å². The lowest BCUT2D eigenvalue weighted by Crippen LogP contribution is -2.42. The molecule has 3 aromatic carbocycles. The summed E-state index contributed by atoms with van der Waals surface area (Å²) < 4.78 is 51.4. The molecule has 0 saturated carbocycles. The van der Waals surface area contributed by atoms with Gasteiger partial charge in [0.15, 0.2) is 0 Å². The molecule has 0 fully saturated rings. The molecular formula is C24H20F3NO6. The third-order valence-electron chi connectivity index (χ3n) is 4.61. The number of methoxy groups -OCH3 is 1. The van der Waals surface area contributed by atoms with Crippen molar-refractivity contribution in [3.8, 4) is 23.0 Å². The van der Waals surface area contributed by atoms with Crippen LogP contribution in [0.5, 0.6) is 23.0 Å². The number of hydrogen-bond acceptors (Lipinski definition) is 5. The Morgan fingerprint density at radius 2 is 1.35 bits per heavy atom. The number of carbonyl (C=O) groups excluding carboxylic acids is 1. The predicted octanol–water partition coefficient (Wildman–Crippen LogP) is 4.81. The van der Waals surface area contributed by atoms with E-state index >= 15 is 0 Å². The maximum Gasteiger partial charge on any atom is 0.573 e. The zero-order valence-corrected chi connectivity index (χ0v) is 17.8. The Morgan fingerprint density at radius 1 is 0.853 bits per heavy atom. The summed E-state index contributed by atoms with van der Waals surface area (Å²) in [4.78, 5) is 24.1. The summed E-state index contributed by atoms with van der Waals surface area (Å²) >= 11 is 0. The predicted molar refractivity (Wildman–Crippen MR) is 115 cm³/mol. The Bertz CT molecular complexity index is 1110. The van der Waals surface area contributed by atoms with Crippen molar-refractivity contribution in [3.63, 3.8) is 0 Å². The van der Waals surface area contributed by atoms with E-state index in [9.17, 15) is 27.9 Å². The van der Waals surface area contributed by atoms with E-state index in [1.165, 1.54) is 24.3 Å². The largest absolute Gasteiger partial charge is 0.573 e. The average Bonchev–Trinajstić information content (AvgIpc) is 2.79. The van der Waals surface area contributed by atoms with Crippen LogP contribution in [0, 0.1) is 0 Å². The lowest BCUT2D eigenvalue weighted by molar-refractivity contribution is -0.274. The van der Waals surface area contributed by atoms with Crippen LogP contribution < -0.4 is 19.5 Å². The molecule has 10 heteroatoms. The van der Waals surface area contributed by atoms with Crippen LogP contribution in [0.3, 0.4) is 0 Å². The van der Waals surface area contributed by atoms with E-state index in [1.807, 2.05) is 0 Å². The van der Waals surface area contributed by atoms with Crippen molar-refractivity contribution in [2.75, 3.05) is 7.11 Å². The minimum Gasteiger partial charge on any atom is -0.497 e. The molecule has 0 bridgehead atoms. The van der Waals surface area contributed by atoms with E-state index in [-0.39, 0.29) is 12.0 Å². The molecule has 3 aromatic rings. The van der Waals surface area contributed by atoms with Crippen molar-refractivity contribution in [2.24, 2.45) is 0 Å². The Hall–Kier alpha value is -4.21. The zero-order valence-electron chi connectivity index (χ0n) is 17.8. The second-order valence-electron chi connectivity index (χ2n) is 7.06. The first-order chi connectivity index (χ1) is 16.1. The third-order valence-corrected chi connectivity index (χ3v) is 4.61. The SMILES string of the molecule is COc1ccc(Oc2ccc(C(=O)N[C@@H](Cc3ccc(OC(F)(F)F)cc3)C(=O)O)cc2)cc1. The average molecular weight is 475 g/mol. The quantitative estimate of drug-likeness (QED) is 0.461. The topological polar surface area (TPSA) is 94.1 Å². The lowest BCUT2D eigenvalue weighted by atomic mass is 10.1. The molecule has 0 aliphatic heterocycles. The van der Waals surface area contributed by atoms with Gasteiger partial charge in [0, 0.05) is 12.0 Å². The molecule has 0 radical (unpaired) electrons. The zero-order chi connectivity index (χ0) is 24.7. The van der Waals surface area contributed by atoms with Crippen LogP contribution in [0.4, 0.5) is 13.2 Å². The molecule has 0 heterocycles. The summed E-state index contributed by atoms with van der Waals surface area (Å²) in [6, 6.07) is 16.5.